The highest BCUT2D eigenvalue weighted by molar-refractivity contribution is 7.86. The van der Waals surface area contributed by atoms with Crippen molar-refractivity contribution < 1.29 is 22.3 Å². The van der Waals surface area contributed by atoms with Gasteiger partial charge in [0.1, 0.15) is 11.9 Å². The van der Waals surface area contributed by atoms with Crippen molar-refractivity contribution in [2.45, 2.75) is 20.0 Å². The molecule has 9 nitrogen and oxygen atoms in total. The van der Waals surface area contributed by atoms with Crippen molar-refractivity contribution in [2.24, 2.45) is 5.92 Å². The summed E-state index contributed by atoms with van der Waals surface area (Å²) in [6, 6.07) is 4.61. The molecular weight excluding hydrogens is 457 g/mol. The van der Waals surface area contributed by atoms with E-state index in [0.29, 0.717) is 42.5 Å². The molecule has 1 N–H and O–H groups in total. The average Bonchev–Trinajstić information content (AvgIpc) is 3.12. The van der Waals surface area contributed by atoms with Gasteiger partial charge in [-0.25, -0.2) is 9.18 Å². The van der Waals surface area contributed by atoms with Crippen molar-refractivity contribution in [3.05, 3.63) is 24.0 Å². The Morgan fingerprint density at radius 3 is 2.50 bits per heavy atom. The molecule has 0 bridgehead atoms. The van der Waals surface area contributed by atoms with Crippen LogP contribution in [0.15, 0.2) is 18.2 Å². The van der Waals surface area contributed by atoms with Gasteiger partial charge in [0.25, 0.3) is 10.2 Å². The fourth-order valence-corrected chi connectivity index (χ4v) is 4.74. The van der Waals surface area contributed by atoms with Crippen LogP contribution in [-0.4, -0.2) is 87.6 Å². The number of benzene rings is 1. The lowest BCUT2D eigenvalue weighted by molar-refractivity contribution is 0.143. The molecule has 0 saturated carbocycles. The van der Waals surface area contributed by atoms with Crippen molar-refractivity contribution in [1.82, 2.24) is 13.9 Å². The first-order chi connectivity index (χ1) is 15.0. The highest BCUT2D eigenvalue weighted by Crippen LogP contribution is 2.29. The van der Waals surface area contributed by atoms with Gasteiger partial charge < -0.3 is 15.0 Å². The summed E-state index contributed by atoms with van der Waals surface area (Å²) >= 11 is 5.24. The zero-order valence-corrected chi connectivity index (χ0v) is 20.4. The standard InChI is InChI=1S/C20H30FN5O4S2/c1-14(2)19(31)22-12-16-13-26(20(27)30-16)15-5-6-18(17(21)11-15)24-7-9-25(10-8-24)32(28,29)23(3)4/h5-6,11,14,16H,7-10,12-13H2,1-4H3,(H,22,31)/t16-/m0/s1. The number of amides is 1. The Hall–Kier alpha value is -2.02. The van der Waals surface area contributed by atoms with Crippen LogP contribution in [0.4, 0.5) is 20.6 Å². The number of nitrogens with zero attached hydrogens (tertiary/aromatic N) is 4. The van der Waals surface area contributed by atoms with E-state index in [1.165, 1.54) is 33.7 Å². The maximum Gasteiger partial charge on any atom is 0.414 e. The number of anilines is 2. The number of piperazine rings is 1. The Labute approximate surface area is 194 Å². The first-order valence-corrected chi connectivity index (χ1v) is 12.3. The largest absolute Gasteiger partial charge is 0.442 e. The summed E-state index contributed by atoms with van der Waals surface area (Å²) in [5.41, 5.74) is 0.794. The average molecular weight is 488 g/mol. The molecule has 2 heterocycles. The lowest BCUT2D eigenvalue weighted by Crippen LogP contribution is -2.51. The number of ether oxygens (including phenoxy) is 1. The van der Waals surface area contributed by atoms with Crippen LogP contribution >= 0.6 is 12.2 Å². The summed E-state index contributed by atoms with van der Waals surface area (Å²) in [6.07, 6.45) is -0.907. The zero-order valence-electron chi connectivity index (χ0n) is 18.7. The van der Waals surface area contributed by atoms with Crippen LogP contribution in [0.25, 0.3) is 0 Å². The van der Waals surface area contributed by atoms with Crippen LogP contribution in [0, 0.1) is 11.7 Å². The number of nitrogens with one attached hydrogen (secondary N) is 1. The van der Waals surface area contributed by atoms with E-state index in [4.69, 9.17) is 17.0 Å². The van der Waals surface area contributed by atoms with E-state index in [2.05, 4.69) is 5.32 Å². The minimum absolute atomic E-state index is 0.199. The summed E-state index contributed by atoms with van der Waals surface area (Å²) in [6.45, 7) is 5.95. The molecule has 2 saturated heterocycles. The van der Waals surface area contributed by atoms with Crippen LogP contribution in [0.5, 0.6) is 0 Å². The van der Waals surface area contributed by atoms with Crippen LogP contribution in [0.3, 0.4) is 0 Å². The number of cyclic esters (lactones) is 1. The van der Waals surface area contributed by atoms with Crippen LogP contribution in [0.1, 0.15) is 13.8 Å². The molecule has 0 spiro atoms. The van der Waals surface area contributed by atoms with E-state index in [1.54, 1.807) is 12.1 Å². The monoisotopic (exact) mass is 487 g/mol. The molecule has 0 radical (unpaired) electrons. The number of carbonyl (C=O) groups is 1. The lowest BCUT2D eigenvalue weighted by Gasteiger charge is -2.36. The molecule has 2 aliphatic rings. The smallest absolute Gasteiger partial charge is 0.414 e. The van der Waals surface area contributed by atoms with Crippen molar-refractivity contribution in [3.8, 4) is 0 Å². The molecule has 1 amide bonds. The van der Waals surface area contributed by atoms with Gasteiger partial charge in [-0.2, -0.15) is 17.0 Å². The van der Waals surface area contributed by atoms with Crippen molar-refractivity contribution >= 4 is 44.9 Å². The van der Waals surface area contributed by atoms with Crippen molar-refractivity contribution in [2.75, 3.05) is 63.2 Å². The Bertz CT molecular complexity index is 965. The molecule has 3 rings (SSSR count). The first kappa shape index (κ1) is 24.6. The number of halogens is 1. The normalized spacial score (nSPS) is 20.2. The van der Waals surface area contributed by atoms with Crippen LogP contribution in [0.2, 0.25) is 0 Å². The summed E-state index contributed by atoms with van der Waals surface area (Å²) in [4.78, 5) is 16.2. The fraction of sp³-hybridized carbons (Fsp3) is 0.600. The summed E-state index contributed by atoms with van der Waals surface area (Å²) < 4.78 is 47.4. The second kappa shape index (κ2) is 9.86. The highest BCUT2D eigenvalue weighted by atomic mass is 32.2. The second-order valence-corrected chi connectivity index (χ2v) is 10.9. The van der Waals surface area contributed by atoms with E-state index in [0.717, 1.165) is 0 Å². The zero-order chi connectivity index (χ0) is 23.6. The van der Waals surface area contributed by atoms with Gasteiger partial charge in [0.2, 0.25) is 0 Å². The lowest BCUT2D eigenvalue weighted by atomic mass is 10.2. The fourth-order valence-electron chi connectivity index (χ4n) is 3.57. The third kappa shape index (κ3) is 5.30. The molecule has 2 fully saturated rings. The molecule has 1 atom stereocenters. The van der Waals surface area contributed by atoms with Crippen molar-refractivity contribution in [1.29, 1.82) is 0 Å². The van der Waals surface area contributed by atoms with E-state index in [1.807, 2.05) is 18.7 Å². The Kier molecular flexibility index (Phi) is 7.58. The third-order valence-electron chi connectivity index (χ3n) is 5.51. The second-order valence-electron chi connectivity index (χ2n) is 8.33. The Morgan fingerprint density at radius 2 is 1.94 bits per heavy atom. The van der Waals surface area contributed by atoms with Gasteiger partial charge >= 0.3 is 6.09 Å². The minimum Gasteiger partial charge on any atom is -0.442 e. The molecule has 0 aromatic heterocycles. The van der Waals surface area contributed by atoms with E-state index in [-0.39, 0.29) is 25.1 Å². The predicted molar refractivity (Wildman–Crippen MR) is 126 cm³/mol. The molecule has 12 heteroatoms. The number of hydrogen-bond donors (Lipinski definition) is 1. The molecule has 1 aromatic carbocycles. The molecule has 1 aromatic rings. The van der Waals surface area contributed by atoms with Gasteiger partial charge in [-0.05, 0) is 18.2 Å². The Balaban J connectivity index is 1.62. The van der Waals surface area contributed by atoms with Gasteiger partial charge in [-0.3, -0.25) is 4.90 Å². The van der Waals surface area contributed by atoms with Crippen LogP contribution in [-0.2, 0) is 14.9 Å². The molecule has 32 heavy (non-hydrogen) atoms. The topological polar surface area (TPSA) is 85.4 Å². The SMILES string of the molecule is CC(C)C(=S)NC[C@H]1CN(c2ccc(N3CCN(S(=O)(=O)N(C)C)CC3)c(F)c2)C(=O)O1. The molecule has 0 aliphatic carbocycles. The maximum absolute atomic E-state index is 14.9. The first-order valence-electron chi connectivity index (χ1n) is 10.5. The van der Waals surface area contributed by atoms with Gasteiger partial charge in [0.15, 0.2) is 0 Å². The van der Waals surface area contributed by atoms with Gasteiger partial charge in [0.05, 0.1) is 29.5 Å². The van der Waals surface area contributed by atoms with E-state index in [9.17, 15) is 17.6 Å². The number of thiocarbonyl (C=S) groups is 1. The quantitative estimate of drug-likeness (QED) is 0.586. The van der Waals surface area contributed by atoms with Gasteiger partial charge in [-0.15, -0.1) is 0 Å². The summed E-state index contributed by atoms with van der Waals surface area (Å²) in [7, 11) is -0.508. The summed E-state index contributed by atoms with van der Waals surface area (Å²) in [5.74, 6) is -0.272. The highest BCUT2D eigenvalue weighted by Gasteiger charge is 2.33. The molecular formula is C20H30FN5O4S2. The van der Waals surface area contributed by atoms with E-state index < -0.39 is 22.1 Å². The maximum atomic E-state index is 14.9. The van der Waals surface area contributed by atoms with Crippen LogP contribution < -0.4 is 15.1 Å². The molecule has 2 aliphatic heterocycles. The van der Waals surface area contributed by atoms with Gasteiger partial charge in [0, 0.05) is 46.2 Å². The predicted octanol–water partition coefficient (Wildman–Crippen LogP) is 1.65. The molecule has 178 valence electrons. The number of hydrogen-bond acceptors (Lipinski definition) is 6. The summed E-state index contributed by atoms with van der Waals surface area (Å²) in [5, 5.41) is 3.10. The van der Waals surface area contributed by atoms with Gasteiger partial charge in [-0.1, -0.05) is 26.1 Å². The molecule has 0 unspecified atom stereocenters. The number of carbonyl (C=O) groups excluding carboxylic acids is 1. The Morgan fingerprint density at radius 1 is 1.28 bits per heavy atom. The van der Waals surface area contributed by atoms with E-state index >= 15 is 0 Å². The van der Waals surface area contributed by atoms with Crippen molar-refractivity contribution in [3.63, 3.8) is 0 Å². The number of rotatable bonds is 7. The minimum atomic E-state index is -3.48. The third-order valence-corrected chi connectivity index (χ3v) is 8.07.